The molecule has 0 amide bonds. The van der Waals surface area contributed by atoms with Crippen LogP contribution in [0.1, 0.15) is 35.2 Å². The van der Waals surface area contributed by atoms with Gasteiger partial charge in [0.1, 0.15) is 0 Å². The van der Waals surface area contributed by atoms with Crippen LogP contribution in [0.15, 0.2) is 54.2 Å². The number of carbonyl (C=O) groups excluding carboxylic acids is 2. The summed E-state index contributed by atoms with van der Waals surface area (Å²) in [5.74, 6) is -1.65. The molecule has 0 saturated carbocycles. The van der Waals surface area contributed by atoms with E-state index >= 15 is 0 Å². The van der Waals surface area contributed by atoms with Crippen molar-refractivity contribution >= 4 is 11.9 Å². The molecule has 1 fully saturated rings. The summed E-state index contributed by atoms with van der Waals surface area (Å²) in [6.45, 7) is 0.932. The number of pyridine rings is 2. The summed E-state index contributed by atoms with van der Waals surface area (Å²) in [6, 6.07) is 6.87. The Balaban J connectivity index is 1.57. The number of carbonyl (C=O) groups is 2. The number of ether oxygens (including phenoxy) is 4. The summed E-state index contributed by atoms with van der Waals surface area (Å²) < 4.78 is 21.7. The van der Waals surface area contributed by atoms with E-state index in [4.69, 9.17) is 18.9 Å². The van der Waals surface area contributed by atoms with Crippen LogP contribution < -0.4 is 0 Å². The Morgan fingerprint density at radius 1 is 1.09 bits per heavy atom. The van der Waals surface area contributed by atoms with Crippen LogP contribution in [0.4, 0.5) is 0 Å². The average molecular weight is 443 g/mol. The minimum Gasteiger partial charge on any atom is -0.462 e. The highest BCUT2D eigenvalue weighted by molar-refractivity contribution is 5.88. The standard InChI is InChI=1S/C22H25N3O7/c26-20(32-22(25-28)5-9-29-10-6-22)11-18(15-30-14-17-3-1-7-23-12-17)16-31-21(27)19-4-2-8-24-13-19/h1-4,7-8,12-13,18H,5-6,9-11,14-16H2. The van der Waals surface area contributed by atoms with Gasteiger partial charge in [-0.15, -0.1) is 4.91 Å². The van der Waals surface area contributed by atoms with Gasteiger partial charge in [-0.3, -0.25) is 14.8 Å². The van der Waals surface area contributed by atoms with E-state index in [9.17, 15) is 14.5 Å². The van der Waals surface area contributed by atoms with E-state index in [0.29, 0.717) is 18.8 Å². The molecule has 1 saturated heterocycles. The minimum atomic E-state index is -1.41. The van der Waals surface area contributed by atoms with E-state index in [1.54, 1.807) is 36.8 Å². The van der Waals surface area contributed by atoms with Gasteiger partial charge in [0, 0.05) is 43.5 Å². The van der Waals surface area contributed by atoms with Gasteiger partial charge < -0.3 is 18.9 Å². The van der Waals surface area contributed by atoms with Gasteiger partial charge in [-0.25, -0.2) is 4.79 Å². The predicted molar refractivity (Wildman–Crippen MR) is 111 cm³/mol. The molecule has 2 aromatic heterocycles. The molecule has 10 heteroatoms. The lowest BCUT2D eigenvalue weighted by Gasteiger charge is -2.30. The number of nitrogens with zero attached hydrogens (tertiary/aromatic N) is 3. The number of rotatable bonds is 11. The third kappa shape index (κ3) is 7.17. The van der Waals surface area contributed by atoms with Crippen LogP contribution >= 0.6 is 0 Å². The topological polar surface area (TPSA) is 126 Å². The SMILES string of the molecule is O=NC1(OC(=O)CC(COCc2cccnc2)COC(=O)c2cccnc2)CCOCC1. The minimum absolute atomic E-state index is 0.0690. The average Bonchev–Trinajstić information content (AvgIpc) is 2.84. The first kappa shape index (κ1) is 23.4. The fourth-order valence-electron chi connectivity index (χ4n) is 3.14. The largest absolute Gasteiger partial charge is 0.462 e. The quantitative estimate of drug-likeness (QED) is 0.380. The molecule has 0 N–H and O–H groups in total. The van der Waals surface area contributed by atoms with E-state index in [2.05, 4.69) is 15.1 Å². The fourth-order valence-corrected chi connectivity index (χ4v) is 3.14. The first-order chi connectivity index (χ1) is 15.6. The zero-order valence-electron chi connectivity index (χ0n) is 17.6. The zero-order valence-corrected chi connectivity index (χ0v) is 17.6. The smallest absolute Gasteiger partial charge is 0.339 e. The maximum absolute atomic E-state index is 12.6. The highest BCUT2D eigenvalue weighted by Crippen LogP contribution is 2.27. The van der Waals surface area contributed by atoms with Crippen LogP contribution in [0.5, 0.6) is 0 Å². The van der Waals surface area contributed by atoms with Crippen LogP contribution in [0.2, 0.25) is 0 Å². The normalized spacial score (nSPS) is 16.0. The molecule has 0 aromatic carbocycles. The first-order valence-corrected chi connectivity index (χ1v) is 10.3. The van der Waals surface area contributed by atoms with Crippen molar-refractivity contribution in [2.45, 2.75) is 31.6 Å². The number of hydrogen-bond acceptors (Lipinski definition) is 10. The number of aromatic nitrogens is 2. The van der Waals surface area contributed by atoms with Gasteiger partial charge in [0.2, 0.25) is 5.72 Å². The highest BCUT2D eigenvalue weighted by Gasteiger charge is 2.38. The van der Waals surface area contributed by atoms with E-state index in [1.807, 2.05) is 6.07 Å². The maximum atomic E-state index is 12.6. The summed E-state index contributed by atoms with van der Waals surface area (Å²) in [5, 5.41) is 3.04. The van der Waals surface area contributed by atoms with Crippen molar-refractivity contribution in [1.82, 2.24) is 9.97 Å². The van der Waals surface area contributed by atoms with Crippen LogP contribution in [-0.2, 0) is 30.3 Å². The third-order valence-corrected chi connectivity index (χ3v) is 4.89. The fraction of sp³-hybridized carbons (Fsp3) is 0.455. The monoisotopic (exact) mass is 443 g/mol. The number of nitroso groups, excluding NO2 is 1. The van der Waals surface area contributed by atoms with Crippen LogP contribution in [-0.4, -0.2) is 54.1 Å². The van der Waals surface area contributed by atoms with Gasteiger partial charge in [0.05, 0.1) is 45.0 Å². The van der Waals surface area contributed by atoms with Crippen LogP contribution in [0, 0.1) is 10.8 Å². The predicted octanol–water partition coefficient (Wildman–Crippen LogP) is 2.67. The third-order valence-electron chi connectivity index (χ3n) is 4.89. The van der Waals surface area contributed by atoms with Crippen molar-refractivity contribution in [3.8, 4) is 0 Å². The summed E-state index contributed by atoms with van der Waals surface area (Å²) in [7, 11) is 0. The Morgan fingerprint density at radius 3 is 2.50 bits per heavy atom. The van der Waals surface area contributed by atoms with Crippen LogP contribution in [0.25, 0.3) is 0 Å². The lowest BCUT2D eigenvalue weighted by molar-refractivity contribution is -0.170. The summed E-state index contributed by atoms with van der Waals surface area (Å²) in [5.41, 5.74) is -0.244. The molecule has 32 heavy (non-hydrogen) atoms. The molecule has 2 aromatic rings. The Kier molecular flexibility index (Phi) is 8.76. The van der Waals surface area contributed by atoms with Crippen molar-refractivity contribution in [3.05, 3.63) is 65.1 Å². The molecule has 10 nitrogen and oxygen atoms in total. The summed E-state index contributed by atoms with van der Waals surface area (Å²) in [4.78, 5) is 44.0. The molecule has 170 valence electrons. The molecule has 1 unspecified atom stereocenters. The van der Waals surface area contributed by atoms with Crippen molar-refractivity contribution in [2.75, 3.05) is 26.4 Å². The molecule has 3 rings (SSSR count). The van der Waals surface area contributed by atoms with Crippen molar-refractivity contribution in [2.24, 2.45) is 11.1 Å². The van der Waals surface area contributed by atoms with E-state index in [0.717, 1.165) is 5.56 Å². The second-order valence-corrected chi connectivity index (χ2v) is 7.41. The Bertz CT molecular complexity index is 874. The molecule has 1 aliphatic rings. The second-order valence-electron chi connectivity index (χ2n) is 7.41. The lowest BCUT2D eigenvalue weighted by Crippen LogP contribution is -2.39. The molecule has 0 bridgehead atoms. The zero-order chi connectivity index (χ0) is 22.7. The molecular formula is C22H25N3O7. The van der Waals surface area contributed by atoms with E-state index in [-0.39, 0.29) is 39.1 Å². The molecular weight excluding hydrogens is 418 g/mol. The van der Waals surface area contributed by atoms with Gasteiger partial charge in [0.25, 0.3) is 0 Å². The Hall–Kier alpha value is -3.24. The molecule has 3 heterocycles. The van der Waals surface area contributed by atoms with Gasteiger partial charge >= 0.3 is 11.9 Å². The van der Waals surface area contributed by atoms with E-state index < -0.39 is 23.6 Å². The van der Waals surface area contributed by atoms with Gasteiger partial charge in [-0.1, -0.05) is 6.07 Å². The van der Waals surface area contributed by atoms with Crippen molar-refractivity contribution < 1.29 is 28.5 Å². The molecule has 0 radical (unpaired) electrons. The molecule has 1 atom stereocenters. The number of esters is 2. The Morgan fingerprint density at radius 2 is 1.84 bits per heavy atom. The number of hydrogen-bond donors (Lipinski definition) is 0. The summed E-state index contributed by atoms with van der Waals surface area (Å²) in [6.07, 6.45) is 6.60. The highest BCUT2D eigenvalue weighted by atomic mass is 16.6. The molecule has 0 aliphatic carbocycles. The van der Waals surface area contributed by atoms with Crippen molar-refractivity contribution in [1.29, 1.82) is 0 Å². The summed E-state index contributed by atoms with van der Waals surface area (Å²) >= 11 is 0. The molecule has 1 aliphatic heterocycles. The lowest BCUT2D eigenvalue weighted by atomic mass is 10.0. The van der Waals surface area contributed by atoms with Crippen molar-refractivity contribution in [3.63, 3.8) is 0 Å². The molecule has 0 spiro atoms. The van der Waals surface area contributed by atoms with Crippen LogP contribution in [0.3, 0.4) is 0 Å². The second kappa shape index (κ2) is 12.0. The Labute approximate surface area is 185 Å². The van der Waals surface area contributed by atoms with E-state index in [1.165, 1.54) is 6.20 Å². The van der Waals surface area contributed by atoms with Gasteiger partial charge in [-0.05, 0) is 28.9 Å². The van der Waals surface area contributed by atoms with Gasteiger partial charge in [0.15, 0.2) is 0 Å². The maximum Gasteiger partial charge on any atom is 0.339 e. The first-order valence-electron chi connectivity index (χ1n) is 10.3. The van der Waals surface area contributed by atoms with Gasteiger partial charge in [-0.2, -0.15) is 0 Å².